The normalized spacial score (nSPS) is 20.3. The molecule has 2 aliphatic heterocycles. The molecule has 2 aliphatic rings. The Balaban J connectivity index is 1.04. The Hall–Kier alpha value is -6.25. The van der Waals surface area contributed by atoms with Crippen molar-refractivity contribution >= 4 is 34.9 Å². The highest BCUT2D eigenvalue weighted by Gasteiger charge is 2.41. The lowest BCUT2D eigenvalue weighted by Gasteiger charge is -2.30. The third kappa shape index (κ3) is 8.64. The van der Waals surface area contributed by atoms with Gasteiger partial charge in [0.05, 0.1) is 54.2 Å². The molecule has 15 heteroatoms. The number of amides is 4. The summed E-state index contributed by atoms with van der Waals surface area (Å²) in [4.78, 5) is 75.5. The number of pyridine rings is 1. The smallest absolute Gasteiger partial charge is 0.407 e. The summed E-state index contributed by atoms with van der Waals surface area (Å²) < 4.78 is 4.78. The second kappa shape index (κ2) is 16.9. The van der Waals surface area contributed by atoms with E-state index < -0.39 is 24.3 Å². The number of nitrogens with one attached hydrogen (secondary N) is 4. The molecule has 310 valence electrons. The molecule has 7 rings (SSSR count). The van der Waals surface area contributed by atoms with Crippen LogP contribution in [0.2, 0.25) is 0 Å². The highest BCUT2D eigenvalue weighted by molar-refractivity contribution is 5.88. The molecule has 2 aromatic carbocycles. The molecule has 5 N–H and O–H groups in total. The summed E-state index contributed by atoms with van der Waals surface area (Å²) in [6, 6.07) is 16.3. The monoisotopic (exact) mass is 803 g/mol. The van der Waals surface area contributed by atoms with Crippen LogP contribution in [0.4, 0.5) is 9.59 Å². The van der Waals surface area contributed by atoms with Gasteiger partial charge < -0.3 is 40.2 Å². The third-order valence-corrected chi connectivity index (χ3v) is 11.5. The maximum atomic E-state index is 13.7. The van der Waals surface area contributed by atoms with E-state index in [4.69, 9.17) is 14.7 Å². The zero-order valence-corrected chi connectivity index (χ0v) is 34.5. The van der Waals surface area contributed by atoms with Crippen molar-refractivity contribution in [1.29, 1.82) is 0 Å². The van der Waals surface area contributed by atoms with Crippen LogP contribution in [0, 0.1) is 23.7 Å². The molecule has 0 saturated carbocycles. The van der Waals surface area contributed by atoms with Gasteiger partial charge in [-0.3, -0.25) is 9.59 Å². The van der Waals surface area contributed by atoms with Crippen LogP contribution in [-0.2, 0) is 14.3 Å². The van der Waals surface area contributed by atoms with Gasteiger partial charge in [0.2, 0.25) is 11.8 Å². The number of aromatic amines is 2. The fraction of sp³-hybridized carbons (Fsp3) is 0.432. The minimum atomic E-state index is -1.22. The van der Waals surface area contributed by atoms with Crippen LogP contribution in [0.15, 0.2) is 67.0 Å². The van der Waals surface area contributed by atoms with Crippen LogP contribution in [-0.4, -0.2) is 96.1 Å². The minimum absolute atomic E-state index is 0.120. The molecular formula is C44H53N9O6. The molecule has 3 aromatic heterocycles. The number of carbonyl (C=O) groups is 4. The van der Waals surface area contributed by atoms with Gasteiger partial charge in [0.25, 0.3) is 0 Å². The first-order valence-electron chi connectivity index (χ1n) is 20.3. The minimum Gasteiger partial charge on any atom is -0.465 e. The number of imidazole rings is 2. The number of nitrogens with zero attached hydrogens (tertiary/aromatic N) is 5. The summed E-state index contributed by atoms with van der Waals surface area (Å²) in [7, 11) is 1.29. The van der Waals surface area contributed by atoms with Crippen molar-refractivity contribution in [3.05, 3.63) is 78.6 Å². The average molecular weight is 804 g/mol. The number of likely N-dealkylation sites (tertiary alicyclic amines) is 2. The molecule has 2 saturated heterocycles. The quantitative estimate of drug-likeness (QED) is 0.0919. The van der Waals surface area contributed by atoms with Crippen molar-refractivity contribution in [3.8, 4) is 33.8 Å². The Morgan fingerprint density at radius 1 is 0.729 bits per heavy atom. The van der Waals surface area contributed by atoms with E-state index in [-0.39, 0.29) is 47.6 Å². The molecular weight excluding hydrogens is 751 g/mol. The number of fused-ring (bicyclic) bond motifs is 1. The first-order chi connectivity index (χ1) is 28.2. The van der Waals surface area contributed by atoms with Crippen molar-refractivity contribution in [2.75, 3.05) is 20.2 Å². The van der Waals surface area contributed by atoms with E-state index in [2.05, 4.69) is 69.8 Å². The van der Waals surface area contributed by atoms with Crippen LogP contribution in [0.5, 0.6) is 0 Å². The number of hydrogen-bond donors (Lipinski definition) is 5. The second-order valence-electron chi connectivity index (χ2n) is 16.8. The maximum Gasteiger partial charge on any atom is 0.407 e. The van der Waals surface area contributed by atoms with Gasteiger partial charge in [-0.25, -0.2) is 24.5 Å². The lowest BCUT2D eigenvalue weighted by Crippen LogP contribution is -2.51. The van der Waals surface area contributed by atoms with E-state index >= 15 is 0 Å². The van der Waals surface area contributed by atoms with Crippen LogP contribution >= 0.6 is 0 Å². The van der Waals surface area contributed by atoms with Crippen LogP contribution in [0.25, 0.3) is 44.7 Å². The van der Waals surface area contributed by atoms with Crippen molar-refractivity contribution in [2.24, 2.45) is 23.7 Å². The summed E-state index contributed by atoms with van der Waals surface area (Å²) in [5.41, 5.74) is 6.17. The number of alkyl carbamates (subject to hydrolysis) is 1. The Labute approximate surface area is 343 Å². The van der Waals surface area contributed by atoms with Gasteiger partial charge in [-0.15, -0.1) is 0 Å². The fourth-order valence-electron chi connectivity index (χ4n) is 8.39. The molecule has 6 atom stereocenters. The third-order valence-electron chi connectivity index (χ3n) is 11.5. The number of methoxy groups -OCH3 is 1. The van der Waals surface area contributed by atoms with Gasteiger partial charge in [-0.1, -0.05) is 77.9 Å². The topological polar surface area (TPSA) is 199 Å². The van der Waals surface area contributed by atoms with Gasteiger partial charge in [-0.2, -0.15) is 0 Å². The largest absolute Gasteiger partial charge is 0.465 e. The van der Waals surface area contributed by atoms with Crippen molar-refractivity contribution in [2.45, 2.75) is 78.6 Å². The standard InChI is InChI=1S/C44H53N9O6/c1-23(2)37(50-43(56)57)41(54)52-21-26(6)17-36(52)40-46-20-34(49-40)32-15-13-30-18-29(12-14-31(30)47-32)27-8-10-28(11-9-27)33-19-45-39(48-33)35-16-25(5)22-53(35)42(55)38(24(3)4)51-44(58)59-7/h8-15,18-20,23-26,35-38,50H,16-17,21-22H2,1-7H3,(H,45,48)(H,46,49)(H,51,58)(H,56,57)/t25-,26-,35-,36-,37?,38?/m0/s1. The molecule has 0 aliphatic carbocycles. The van der Waals surface area contributed by atoms with E-state index in [9.17, 15) is 24.3 Å². The van der Waals surface area contributed by atoms with E-state index in [0.717, 1.165) is 51.1 Å². The summed E-state index contributed by atoms with van der Waals surface area (Å²) in [6.07, 6.45) is 3.16. The number of rotatable bonds is 11. The average Bonchev–Trinajstić information content (AvgIpc) is 4.04. The van der Waals surface area contributed by atoms with Crippen LogP contribution in [0.1, 0.15) is 78.1 Å². The van der Waals surface area contributed by atoms with E-state index in [1.54, 1.807) is 17.3 Å². The molecule has 15 nitrogen and oxygen atoms in total. The van der Waals surface area contributed by atoms with E-state index in [1.165, 1.54) is 7.11 Å². The van der Waals surface area contributed by atoms with Crippen LogP contribution < -0.4 is 10.6 Å². The van der Waals surface area contributed by atoms with Gasteiger partial charge in [0, 0.05) is 18.5 Å². The number of benzene rings is 2. The lowest BCUT2D eigenvalue weighted by molar-refractivity contribution is -0.136. The van der Waals surface area contributed by atoms with Crippen molar-refractivity contribution in [1.82, 2.24) is 45.4 Å². The molecule has 2 unspecified atom stereocenters. The van der Waals surface area contributed by atoms with Crippen molar-refractivity contribution < 1.29 is 29.0 Å². The highest BCUT2D eigenvalue weighted by atomic mass is 16.5. The molecule has 5 heterocycles. The summed E-state index contributed by atoms with van der Waals surface area (Å²) in [5.74, 6) is 1.15. The van der Waals surface area contributed by atoms with E-state index in [0.29, 0.717) is 31.2 Å². The summed E-state index contributed by atoms with van der Waals surface area (Å²) in [6.45, 7) is 12.8. The molecule has 0 spiro atoms. The SMILES string of the molecule is COC(=O)NC(C(=O)N1C[C@@H](C)C[C@H]1c1ncc(-c2ccc(-c3ccc4nc(-c5cnc([C@@H]6C[C@H](C)CN6C(=O)C(NC(=O)O)C(C)C)[nH]5)ccc4c3)cc2)[nH]1)C(C)C. The van der Waals surface area contributed by atoms with Gasteiger partial charge in [-0.05, 0) is 71.4 Å². The van der Waals surface area contributed by atoms with Crippen molar-refractivity contribution in [3.63, 3.8) is 0 Å². The Morgan fingerprint density at radius 3 is 1.81 bits per heavy atom. The van der Waals surface area contributed by atoms with Gasteiger partial charge >= 0.3 is 12.2 Å². The molecule has 5 aromatic rings. The van der Waals surface area contributed by atoms with Crippen LogP contribution in [0.3, 0.4) is 0 Å². The number of ether oxygens (including phenoxy) is 1. The second-order valence-corrected chi connectivity index (χ2v) is 16.8. The number of aromatic nitrogens is 5. The first kappa shape index (κ1) is 40.9. The fourth-order valence-corrected chi connectivity index (χ4v) is 8.39. The predicted octanol–water partition coefficient (Wildman–Crippen LogP) is 7.17. The zero-order valence-electron chi connectivity index (χ0n) is 34.5. The van der Waals surface area contributed by atoms with E-state index in [1.807, 2.05) is 56.9 Å². The van der Waals surface area contributed by atoms with Gasteiger partial charge in [0.15, 0.2) is 0 Å². The highest BCUT2D eigenvalue weighted by Crippen LogP contribution is 2.38. The van der Waals surface area contributed by atoms with Gasteiger partial charge in [0.1, 0.15) is 23.7 Å². The summed E-state index contributed by atoms with van der Waals surface area (Å²) >= 11 is 0. The number of H-pyrrole nitrogens is 2. The molecule has 4 amide bonds. The maximum absolute atomic E-state index is 13.7. The number of carbonyl (C=O) groups excluding carboxylic acids is 3. The first-order valence-corrected chi connectivity index (χ1v) is 20.3. The summed E-state index contributed by atoms with van der Waals surface area (Å²) in [5, 5.41) is 15.4. The zero-order chi connectivity index (χ0) is 42.1. The Morgan fingerprint density at radius 2 is 1.25 bits per heavy atom. The Kier molecular flexibility index (Phi) is 11.7. The number of hydrogen-bond acceptors (Lipinski definition) is 8. The molecule has 2 fully saturated rings. The number of carboxylic acid groups (broad SMARTS) is 1. The Bertz CT molecular complexity index is 2340. The molecule has 0 bridgehead atoms. The molecule has 59 heavy (non-hydrogen) atoms. The molecule has 0 radical (unpaired) electrons. The predicted molar refractivity (Wildman–Crippen MR) is 223 cm³/mol. The lowest BCUT2D eigenvalue weighted by atomic mass is 10.0.